The lowest BCUT2D eigenvalue weighted by atomic mass is 10.00. The van der Waals surface area contributed by atoms with Gasteiger partial charge < -0.3 is 9.88 Å². The van der Waals surface area contributed by atoms with Gasteiger partial charge in [-0.25, -0.2) is 0 Å². The Labute approximate surface area is 214 Å². The van der Waals surface area contributed by atoms with Gasteiger partial charge in [0.25, 0.3) is 5.91 Å². The van der Waals surface area contributed by atoms with E-state index < -0.39 is 6.04 Å². The molecule has 0 spiro atoms. The molecule has 1 amide bonds. The Morgan fingerprint density at radius 1 is 0.861 bits per heavy atom. The number of benzodiazepines with no additional fused rings is 1. The molecule has 1 atom stereocenters. The van der Waals surface area contributed by atoms with Crippen LogP contribution in [0.3, 0.4) is 0 Å². The maximum atomic E-state index is 14.2. The normalized spacial score (nSPS) is 15.5. The van der Waals surface area contributed by atoms with Crippen molar-refractivity contribution in [3.63, 3.8) is 0 Å². The topological polar surface area (TPSA) is 48.5 Å². The van der Waals surface area contributed by atoms with E-state index in [1.54, 1.807) is 0 Å². The molecule has 36 heavy (non-hydrogen) atoms. The Kier molecular flexibility index (Phi) is 5.88. The van der Waals surface area contributed by atoms with Crippen molar-refractivity contribution in [1.82, 2.24) is 4.98 Å². The van der Waals surface area contributed by atoms with Crippen molar-refractivity contribution in [2.24, 2.45) is 4.99 Å². The fourth-order valence-corrected chi connectivity index (χ4v) is 5.08. The summed E-state index contributed by atoms with van der Waals surface area (Å²) >= 11 is 6.48. The highest BCUT2D eigenvalue weighted by Gasteiger charge is 2.33. The number of aromatic nitrogens is 1. The summed E-state index contributed by atoms with van der Waals surface area (Å²) in [6.45, 7) is 0.455. The summed E-state index contributed by atoms with van der Waals surface area (Å²) in [6, 6.07) is 33.4. The molecule has 0 saturated carbocycles. The molecule has 4 aromatic carbocycles. The number of nitrogens with zero attached hydrogens (tertiary/aromatic N) is 2. The number of aliphatic imine (C=N–C) groups is 1. The molecule has 176 valence electrons. The third kappa shape index (κ3) is 4.21. The first-order valence-electron chi connectivity index (χ1n) is 12.0. The lowest BCUT2D eigenvalue weighted by molar-refractivity contribution is -0.119. The molecule has 1 aliphatic heterocycles. The number of hydrogen-bond donors (Lipinski definition) is 1. The number of para-hydroxylation sites is 1. The first-order valence-corrected chi connectivity index (χ1v) is 12.4. The number of aromatic amines is 1. The predicted octanol–water partition coefficient (Wildman–Crippen LogP) is 6.82. The second kappa shape index (κ2) is 9.48. The largest absolute Gasteiger partial charge is 0.361 e. The van der Waals surface area contributed by atoms with Crippen LogP contribution in [0.2, 0.25) is 5.02 Å². The number of nitrogens with one attached hydrogen (secondary N) is 1. The van der Waals surface area contributed by atoms with Gasteiger partial charge in [-0.1, -0.05) is 90.5 Å². The monoisotopic (exact) mass is 489 g/mol. The zero-order valence-electron chi connectivity index (χ0n) is 19.6. The van der Waals surface area contributed by atoms with Gasteiger partial charge in [0, 0.05) is 39.7 Å². The SMILES string of the molecule is O=C1[C@@H](Cc2c[nH]c3ccccc23)N=C(c2ccccc2)c2cc(Cl)ccc2N1Cc1ccccc1. The summed E-state index contributed by atoms with van der Waals surface area (Å²) in [5.74, 6) is -0.0290. The Hall–Kier alpha value is -4.15. The molecule has 0 unspecified atom stereocenters. The number of carbonyl (C=O) groups is 1. The highest BCUT2D eigenvalue weighted by molar-refractivity contribution is 6.32. The Balaban J connectivity index is 1.52. The minimum atomic E-state index is -0.589. The van der Waals surface area contributed by atoms with Crippen LogP contribution < -0.4 is 4.90 Å². The van der Waals surface area contributed by atoms with Gasteiger partial charge in [0.2, 0.25) is 0 Å². The van der Waals surface area contributed by atoms with Gasteiger partial charge in [0.1, 0.15) is 6.04 Å². The van der Waals surface area contributed by atoms with Crippen LogP contribution in [0.5, 0.6) is 0 Å². The van der Waals surface area contributed by atoms with Crippen LogP contribution in [-0.2, 0) is 17.8 Å². The zero-order chi connectivity index (χ0) is 24.5. The van der Waals surface area contributed by atoms with Gasteiger partial charge in [0.05, 0.1) is 17.9 Å². The molecule has 1 aliphatic rings. The Bertz CT molecular complexity index is 1570. The van der Waals surface area contributed by atoms with E-state index in [-0.39, 0.29) is 5.91 Å². The third-order valence-corrected chi connectivity index (χ3v) is 6.89. The van der Waals surface area contributed by atoms with Crippen LogP contribution in [0.15, 0.2) is 114 Å². The van der Waals surface area contributed by atoms with Crippen molar-refractivity contribution in [2.75, 3.05) is 4.90 Å². The van der Waals surface area contributed by atoms with Crippen molar-refractivity contribution in [3.8, 4) is 0 Å². The molecular formula is C31H24ClN3O. The number of carbonyl (C=O) groups excluding carboxylic acids is 1. The van der Waals surface area contributed by atoms with Gasteiger partial charge >= 0.3 is 0 Å². The van der Waals surface area contributed by atoms with E-state index in [2.05, 4.69) is 11.1 Å². The van der Waals surface area contributed by atoms with E-state index >= 15 is 0 Å². The summed E-state index contributed by atoms with van der Waals surface area (Å²) in [5.41, 5.74) is 6.60. The molecule has 6 rings (SSSR count). The summed E-state index contributed by atoms with van der Waals surface area (Å²) in [5, 5.41) is 1.72. The van der Waals surface area contributed by atoms with E-state index in [9.17, 15) is 4.79 Å². The number of rotatable bonds is 5. The molecule has 2 heterocycles. The lowest BCUT2D eigenvalue weighted by Gasteiger charge is -2.25. The van der Waals surface area contributed by atoms with Gasteiger partial charge in [-0.3, -0.25) is 9.79 Å². The average Bonchev–Trinajstić information content (AvgIpc) is 3.29. The first-order chi connectivity index (χ1) is 17.7. The van der Waals surface area contributed by atoms with Gasteiger partial charge in [-0.15, -0.1) is 0 Å². The van der Waals surface area contributed by atoms with E-state index in [0.29, 0.717) is 18.0 Å². The van der Waals surface area contributed by atoms with Crippen molar-refractivity contribution >= 4 is 39.8 Å². The standard InChI is InChI=1S/C31H24ClN3O/c32-24-15-16-29-26(18-24)30(22-11-5-2-6-12-22)34-28(17-23-19-33-27-14-8-7-13-25(23)27)31(36)35(29)20-21-9-3-1-4-10-21/h1-16,18-19,28,33H,17,20H2/t28-/m1/s1. The van der Waals surface area contributed by atoms with Crippen LogP contribution in [0.4, 0.5) is 5.69 Å². The van der Waals surface area contributed by atoms with Gasteiger partial charge in [-0.2, -0.15) is 0 Å². The van der Waals surface area contributed by atoms with Crippen LogP contribution in [0.1, 0.15) is 22.3 Å². The quantitative estimate of drug-likeness (QED) is 0.289. The van der Waals surface area contributed by atoms with E-state index in [0.717, 1.165) is 44.6 Å². The number of halogens is 1. The minimum absolute atomic E-state index is 0.0290. The third-order valence-electron chi connectivity index (χ3n) is 6.66. The smallest absolute Gasteiger partial charge is 0.252 e. The predicted molar refractivity (Wildman–Crippen MR) is 147 cm³/mol. The van der Waals surface area contributed by atoms with Crippen LogP contribution in [-0.4, -0.2) is 22.6 Å². The highest BCUT2D eigenvalue weighted by atomic mass is 35.5. The summed E-state index contributed by atoms with van der Waals surface area (Å²) in [4.78, 5) is 24.5. The number of amides is 1. The second-order valence-electron chi connectivity index (χ2n) is 8.99. The molecule has 5 aromatic rings. The van der Waals surface area contributed by atoms with Crippen molar-refractivity contribution < 1.29 is 4.79 Å². The maximum absolute atomic E-state index is 14.2. The first kappa shape index (κ1) is 22.3. The van der Waals surface area contributed by atoms with Crippen LogP contribution >= 0.6 is 11.6 Å². The molecule has 0 fully saturated rings. The van der Waals surface area contributed by atoms with Gasteiger partial charge in [-0.05, 0) is 35.4 Å². The zero-order valence-corrected chi connectivity index (χ0v) is 20.3. The summed E-state index contributed by atoms with van der Waals surface area (Å²) < 4.78 is 0. The number of fused-ring (bicyclic) bond motifs is 2. The fraction of sp³-hybridized carbons (Fsp3) is 0.0968. The molecule has 4 nitrogen and oxygen atoms in total. The minimum Gasteiger partial charge on any atom is -0.361 e. The van der Waals surface area contributed by atoms with Crippen LogP contribution in [0, 0.1) is 0 Å². The van der Waals surface area contributed by atoms with Gasteiger partial charge in [0.15, 0.2) is 0 Å². The molecule has 1 N–H and O–H groups in total. The highest BCUT2D eigenvalue weighted by Crippen LogP contribution is 2.33. The lowest BCUT2D eigenvalue weighted by Crippen LogP contribution is -2.38. The van der Waals surface area contributed by atoms with Crippen molar-refractivity contribution in [1.29, 1.82) is 0 Å². The summed E-state index contributed by atoms with van der Waals surface area (Å²) in [7, 11) is 0. The Morgan fingerprint density at radius 2 is 1.58 bits per heavy atom. The second-order valence-corrected chi connectivity index (χ2v) is 9.43. The molecule has 5 heteroatoms. The van der Waals surface area contributed by atoms with E-state index in [4.69, 9.17) is 16.6 Å². The molecule has 1 aromatic heterocycles. The van der Waals surface area contributed by atoms with E-state index in [1.165, 1.54) is 0 Å². The molecule has 0 radical (unpaired) electrons. The van der Waals surface area contributed by atoms with E-state index in [1.807, 2.05) is 108 Å². The van der Waals surface area contributed by atoms with Crippen molar-refractivity contribution in [2.45, 2.75) is 19.0 Å². The molecular weight excluding hydrogens is 466 g/mol. The average molecular weight is 490 g/mol. The number of benzene rings is 4. The number of H-pyrrole nitrogens is 1. The molecule has 0 saturated heterocycles. The van der Waals surface area contributed by atoms with Crippen LogP contribution in [0.25, 0.3) is 10.9 Å². The molecule has 0 aliphatic carbocycles. The Morgan fingerprint density at radius 3 is 2.39 bits per heavy atom. The van der Waals surface area contributed by atoms with Crippen molar-refractivity contribution in [3.05, 3.63) is 137 Å². The maximum Gasteiger partial charge on any atom is 0.252 e. The molecule has 0 bridgehead atoms. The number of anilines is 1. The number of hydrogen-bond acceptors (Lipinski definition) is 2. The summed E-state index contributed by atoms with van der Waals surface area (Å²) in [6.07, 6.45) is 2.48. The fourth-order valence-electron chi connectivity index (χ4n) is 4.91.